The number of rotatable bonds is 4. The molecular weight excluding hydrogens is 304 g/mol. The quantitative estimate of drug-likeness (QED) is 0.523. The van der Waals surface area contributed by atoms with E-state index in [9.17, 15) is 25.0 Å². The lowest BCUT2D eigenvalue weighted by Crippen LogP contribution is -2.27. The van der Waals surface area contributed by atoms with Gasteiger partial charge in [-0.05, 0) is 24.3 Å². The van der Waals surface area contributed by atoms with E-state index in [4.69, 9.17) is 5.73 Å². The molecular formula is C14H12N4O5. The SMILES string of the molecule is CN(C(=O)c1cc([N+](=O)[O-])ccc1[N+](=O)[O-])c1ccc(N)cc1. The topological polar surface area (TPSA) is 133 Å². The summed E-state index contributed by atoms with van der Waals surface area (Å²) >= 11 is 0. The van der Waals surface area contributed by atoms with E-state index in [2.05, 4.69) is 0 Å². The molecule has 0 saturated carbocycles. The number of nitrogen functional groups attached to an aromatic ring is 1. The van der Waals surface area contributed by atoms with Crippen molar-refractivity contribution >= 4 is 28.7 Å². The van der Waals surface area contributed by atoms with Gasteiger partial charge in [0, 0.05) is 36.6 Å². The number of benzene rings is 2. The summed E-state index contributed by atoms with van der Waals surface area (Å²) in [6, 6.07) is 9.10. The highest BCUT2D eigenvalue weighted by Gasteiger charge is 2.26. The van der Waals surface area contributed by atoms with Crippen LogP contribution in [0.15, 0.2) is 42.5 Å². The predicted molar refractivity (Wildman–Crippen MR) is 83.3 cm³/mol. The second-order valence-electron chi connectivity index (χ2n) is 4.67. The molecule has 1 amide bonds. The van der Waals surface area contributed by atoms with E-state index >= 15 is 0 Å². The molecule has 0 spiro atoms. The van der Waals surface area contributed by atoms with E-state index < -0.39 is 27.1 Å². The molecule has 9 nitrogen and oxygen atoms in total. The normalized spacial score (nSPS) is 10.1. The maximum Gasteiger partial charge on any atom is 0.282 e. The largest absolute Gasteiger partial charge is 0.399 e. The molecule has 0 aliphatic heterocycles. The van der Waals surface area contributed by atoms with Crippen LogP contribution in [0, 0.1) is 20.2 Å². The van der Waals surface area contributed by atoms with Crippen molar-refractivity contribution in [3.63, 3.8) is 0 Å². The second-order valence-corrected chi connectivity index (χ2v) is 4.67. The van der Waals surface area contributed by atoms with Crippen molar-refractivity contribution in [1.29, 1.82) is 0 Å². The van der Waals surface area contributed by atoms with Crippen LogP contribution in [0.4, 0.5) is 22.7 Å². The van der Waals surface area contributed by atoms with Gasteiger partial charge >= 0.3 is 0 Å². The van der Waals surface area contributed by atoms with E-state index in [1.807, 2.05) is 0 Å². The Morgan fingerprint density at radius 2 is 1.65 bits per heavy atom. The molecule has 0 aliphatic carbocycles. The lowest BCUT2D eigenvalue weighted by atomic mass is 10.1. The number of carbonyl (C=O) groups excluding carboxylic acids is 1. The van der Waals surface area contributed by atoms with E-state index in [0.29, 0.717) is 11.4 Å². The summed E-state index contributed by atoms with van der Waals surface area (Å²) in [7, 11) is 1.41. The molecule has 0 heterocycles. The summed E-state index contributed by atoms with van der Waals surface area (Å²) in [5, 5.41) is 21.9. The van der Waals surface area contributed by atoms with Gasteiger partial charge in [-0.15, -0.1) is 0 Å². The minimum absolute atomic E-state index is 0.358. The molecule has 0 unspecified atom stereocenters. The summed E-state index contributed by atoms with van der Waals surface area (Å²) in [5.41, 5.74) is 5.25. The fourth-order valence-electron chi connectivity index (χ4n) is 1.96. The highest BCUT2D eigenvalue weighted by atomic mass is 16.6. The van der Waals surface area contributed by atoms with Crippen molar-refractivity contribution in [2.45, 2.75) is 0 Å². The van der Waals surface area contributed by atoms with Crippen LogP contribution >= 0.6 is 0 Å². The second kappa shape index (κ2) is 6.10. The molecule has 2 aromatic rings. The number of nitrogens with two attached hydrogens (primary N) is 1. The van der Waals surface area contributed by atoms with Crippen molar-refractivity contribution in [2.75, 3.05) is 17.7 Å². The van der Waals surface area contributed by atoms with Crippen LogP contribution in [0.5, 0.6) is 0 Å². The first-order chi connectivity index (χ1) is 10.8. The fourth-order valence-corrected chi connectivity index (χ4v) is 1.96. The Morgan fingerprint density at radius 1 is 1.04 bits per heavy atom. The number of nitro benzene ring substituents is 2. The summed E-state index contributed by atoms with van der Waals surface area (Å²) < 4.78 is 0. The van der Waals surface area contributed by atoms with Crippen LogP contribution in [-0.4, -0.2) is 22.8 Å². The highest BCUT2D eigenvalue weighted by molar-refractivity contribution is 6.08. The van der Waals surface area contributed by atoms with Gasteiger partial charge in [-0.3, -0.25) is 25.0 Å². The number of nitro groups is 2. The number of non-ortho nitro benzene ring substituents is 1. The lowest BCUT2D eigenvalue weighted by molar-refractivity contribution is -0.389. The van der Waals surface area contributed by atoms with Gasteiger partial charge < -0.3 is 10.6 Å². The molecule has 23 heavy (non-hydrogen) atoms. The Morgan fingerprint density at radius 3 is 2.17 bits per heavy atom. The molecule has 9 heteroatoms. The Kier molecular flexibility index (Phi) is 4.21. The van der Waals surface area contributed by atoms with E-state index in [1.54, 1.807) is 24.3 Å². The van der Waals surface area contributed by atoms with Gasteiger partial charge in [0.2, 0.25) is 0 Å². The lowest BCUT2D eigenvalue weighted by Gasteiger charge is -2.17. The molecule has 0 fully saturated rings. The van der Waals surface area contributed by atoms with Crippen LogP contribution in [0.2, 0.25) is 0 Å². The number of anilines is 2. The molecule has 0 saturated heterocycles. The first-order valence-corrected chi connectivity index (χ1v) is 6.37. The monoisotopic (exact) mass is 316 g/mol. The molecule has 2 aromatic carbocycles. The van der Waals surface area contributed by atoms with Crippen LogP contribution in [0.1, 0.15) is 10.4 Å². The summed E-state index contributed by atoms with van der Waals surface area (Å²) in [6.07, 6.45) is 0. The molecule has 2 rings (SSSR count). The van der Waals surface area contributed by atoms with Crippen molar-refractivity contribution in [1.82, 2.24) is 0 Å². The molecule has 0 bridgehead atoms. The fraction of sp³-hybridized carbons (Fsp3) is 0.0714. The number of nitrogens with zero attached hydrogens (tertiary/aromatic N) is 3. The molecule has 2 N–H and O–H groups in total. The van der Waals surface area contributed by atoms with Gasteiger partial charge in [0.1, 0.15) is 5.56 Å². The highest BCUT2D eigenvalue weighted by Crippen LogP contribution is 2.27. The number of carbonyl (C=O) groups is 1. The van der Waals surface area contributed by atoms with Gasteiger partial charge in [0.15, 0.2) is 0 Å². The van der Waals surface area contributed by atoms with Crippen LogP contribution < -0.4 is 10.6 Å². The van der Waals surface area contributed by atoms with Gasteiger partial charge in [-0.25, -0.2) is 0 Å². The van der Waals surface area contributed by atoms with Gasteiger partial charge in [-0.1, -0.05) is 0 Å². The molecule has 0 radical (unpaired) electrons. The minimum Gasteiger partial charge on any atom is -0.399 e. The average molecular weight is 316 g/mol. The zero-order valence-corrected chi connectivity index (χ0v) is 12.0. The first-order valence-electron chi connectivity index (χ1n) is 6.37. The maximum absolute atomic E-state index is 12.5. The summed E-state index contributed by atoms with van der Waals surface area (Å²) in [5.74, 6) is -0.731. The molecule has 0 aromatic heterocycles. The van der Waals surface area contributed by atoms with Crippen molar-refractivity contribution in [3.8, 4) is 0 Å². The van der Waals surface area contributed by atoms with E-state index in [0.717, 1.165) is 23.1 Å². The van der Waals surface area contributed by atoms with E-state index in [1.165, 1.54) is 7.05 Å². The third-order valence-corrected chi connectivity index (χ3v) is 3.20. The summed E-state index contributed by atoms with van der Waals surface area (Å²) in [4.78, 5) is 34.1. The zero-order valence-electron chi connectivity index (χ0n) is 12.0. The number of hydrogen-bond donors (Lipinski definition) is 1. The molecule has 118 valence electrons. The van der Waals surface area contributed by atoms with Crippen molar-refractivity contribution in [2.24, 2.45) is 0 Å². The predicted octanol–water partition coefficient (Wildman–Crippen LogP) is 2.36. The van der Waals surface area contributed by atoms with Crippen molar-refractivity contribution < 1.29 is 14.6 Å². The number of amides is 1. The Hall–Kier alpha value is -3.49. The van der Waals surface area contributed by atoms with Gasteiger partial charge in [0.25, 0.3) is 17.3 Å². The average Bonchev–Trinajstić information content (AvgIpc) is 2.53. The third-order valence-electron chi connectivity index (χ3n) is 3.20. The third kappa shape index (κ3) is 3.23. The van der Waals surface area contributed by atoms with Crippen LogP contribution in [0.3, 0.4) is 0 Å². The number of hydrogen-bond acceptors (Lipinski definition) is 6. The first kappa shape index (κ1) is 15.9. The van der Waals surface area contributed by atoms with E-state index in [-0.39, 0.29) is 5.56 Å². The van der Waals surface area contributed by atoms with Gasteiger partial charge in [-0.2, -0.15) is 0 Å². The Bertz CT molecular complexity index is 788. The Labute approximate surface area is 130 Å². The Balaban J connectivity index is 2.48. The summed E-state index contributed by atoms with van der Waals surface area (Å²) in [6.45, 7) is 0. The minimum atomic E-state index is -0.756. The zero-order chi connectivity index (χ0) is 17.1. The standard InChI is InChI=1S/C14H12N4O5/c1-16(10-4-2-9(15)3-5-10)14(19)12-8-11(17(20)21)6-7-13(12)18(22)23/h2-8H,15H2,1H3. The smallest absolute Gasteiger partial charge is 0.282 e. The maximum atomic E-state index is 12.5. The van der Waals surface area contributed by atoms with Crippen molar-refractivity contribution in [3.05, 3.63) is 68.3 Å². The van der Waals surface area contributed by atoms with Gasteiger partial charge in [0.05, 0.1) is 9.85 Å². The van der Waals surface area contributed by atoms with Crippen LogP contribution in [0.25, 0.3) is 0 Å². The molecule has 0 aliphatic rings. The molecule has 0 atom stereocenters. The van der Waals surface area contributed by atoms with Crippen LogP contribution in [-0.2, 0) is 0 Å².